The van der Waals surface area contributed by atoms with Gasteiger partial charge in [-0.2, -0.15) is 13.2 Å². The third kappa shape index (κ3) is 3.64. The zero-order valence-electron chi connectivity index (χ0n) is 10.5. The fourth-order valence-corrected chi connectivity index (χ4v) is 2.60. The molecule has 0 spiro atoms. The number of carboxylic acids is 1. The van der Waals surface area contributed by atoms with Crippen LogP contribution >= 0.6 is 11.6 Å². The molecule has 1 N–H and O–H groups in total. The van der Waals surface area contributed by atoms with Crippen LogP contribution in [0.4, 0.5) is 13.2 Å². The maximum Gasteiger partial charge on any atom is 0.416 e. The van der Waals surface area contributed by atoms with Gasteiger partial charge in [0.15, 0.2) is 0 Å². The Balaban J connectivity index is 2.11. The van der Waals surface area contributed by atoms with Gasteiger partial charge in [-0.3, -0.25) is 9.69 Å². The number of carboxylic acid groups (broad SMARTS) is 1. The van der Waals surface area contributed by atoms with Gasteiger partial charge in [-0.15, -0.1) is 0 Å². The summed E-state index contributed by atoms with van der Waals surface area (Å²) in [5, 5.41) is 8.93. The van der Waals surface area contributed by atoms with E-state index in [4.69, 9.17) is 16.7 Å². The SMILES string of the molecule is O=C(O)C1CCN(Cc2cc(Cl)cc(C(F)(F)F)c2)C1. The van der Waals surface area contributed by atoms with Gasteiger partial charge in [-0.1, -0.05) is 11.6 Å². The van der Waals surface area contributed by atoms with Crippen molar-refractivity contribution in [2.75, 3.05) is 13.1 Å². The van der Waals surface area contributed by atoms with Gasteiger partial charge in [0.2, 0.25) is 0 Å². The summed E-state index contributed by atoms with van der Waals surface area (Å²) < 4.78 is 38.0. The van der Waals surface area contributed by atoms with Crippen molar-refractivity contribution in [3.05, 3.63) is 34.3 Å². The van der Waals surface area contributed by atoms with Crippen LogP contribution in [0.2, 0.25) is 5.02 Å². The lowest BCUT2D eigenvalue weighted by molar-refractivity contribution is -0.141. The van der Waals surface area contributed by atoms with Gasteiger partial charge in [0.05, 0.1) is 11.5 Å². The number of nitrogens with zero attached hydrogens (tertiary/aromatic N) is 1. The van der Waals surface area contributed by atoms with Crippen molar-refractivity contribution < 1.29 is 23.1 Å². The van der Waals surface area contributed by atoms with Gasteiger partial charge in [0.25, 0.3) is 0 Å². The molecule has 3 nitrogen and oxygen atoms in total. The normalized spacial score (nSPS) is 20.3. The molecule has 1 atom stereocenters. The highest BCUT2D eigenvalue weighted by molar-refractivity contribution is 6.30. The number of halogens is 4. The van der Waals surface area contributed by atoms with Crippen molar-refractivity contribution in [1.82, 2.24) is 4.90 Å². The zero-order chi connectivity index (χ0) is 14.9. The molecular formula is C13H13ClF3NO2. The summed E-state index contributed by atoms with van der Waals surface area (Å²) in [5.41, 5.74) is -0.343. The first-order valence-electron chi connectivity index (χ1n) is 6.07. The van der Waals surface area contributed by atoms with E-state index in [0.717, 1.165) is 12.1 Å². The number of benzene rings is 1. The van der Waals surface area contributed by atoms with Crippen molar-refractivity contribution in [2.24, 2.45) is 5.92 Å². The lowest BCUT2D eigenvalue weighted by Gasteiger charge is -2.17. The van der Waals surface area contributed by atoms with E-state index < -0.39 is 23.6 Å². The summed E-state index contributed by atoms with van der Waals surface area (Å²) in [6.45, 7) is 1.18. The molecule has 1 fully saturated rings. The molecule has 110 valence electrons. The van der Waals surface area contributed by atoms with Crippen LogP contribution in [0.15, 0.2) is 18.2 Å². The Morgan fingerprint density at radius 2 is 2.10 bits per heavy atom. The standard InChI is InChI=1S/C13H13ClF3NO2/c14-11-4-8(3-10(5-11)13(15,16)17)6-18-2-1-9(7-18)12(19)20/h3-5,9H,1-2,6-7H2,(H,19,20). The average Bonchev–Trinajstić information content (AvgIpc) is 2.75. The van der Waals surface area contributed by atoms with Gasteiger partial charge in [-0.25, -0.2) is 0 Å². The molecule has 0 radical (unpaired) electrons. The topological polar surface area (TPSA) is 40.5 Å². The lowest BCUT2D eigenvalue weighted by atomic mass is 10.1. The Hall–Kier alpha value is -1.27. The largest absolute Gasteiger partial charge is 0.481 e. The van der Waals surface area contributed by atoms with Gasteiger partial charge in [-0.05, 0) is 36.7 Å². The van der Waals surface area contributed by atoms with Gasteiger partial charge in [0.1, 0.15) is 0 Å². The summed E-state index contributed by atoms with van der Waals surface area (Å²) in [5.74, 6) is -1.31. The second-order valence-electron chi connectivity index (χ2n) is 4.90. The van der Waals surface area contributed by atoms with Crippen LogP contribution in [0, 0.1) is 5.92 Å². The van der Waals surface area contributed by atoms with Crippen molar-refractivity contribution in [2.45, 2.75) is 19.1 Å². The number of likely N-dealkylation sites (tertiary alicyclic amines) is 1. The second kappa shape index (κ2) is 5.61. The first kappa shape index (κ1) is 15.1. The van der Waals surface area contributed by atoms with E-state index in [1.54, 1.807) is 0 Å². The summed E-state index contributed by atoms with van der Waals surface area (Å²) in [7, 11) is 0. The number of aliphatic carboxylic acids is 1. The quantitative estimate of drug-likeness (QED) is 0.932. The molecule has 1 unspecified atom stereocenters. The van der Waals surface area contributed by atoms with Crippen molar-refractivity contribution >= 4 is 17.6 Å². The molecule has 20 heavy (non-hydrogen) atoms. The molecule has 1 aliphatic rings. The van der Waals surface area contributed by atoms with E-state index in [9.17, 15) is 18.0 Å². The van der Waals surface area contributed by atoms with E-state index in [1.807, 2.05) is 4.90 Å². The van der Waals surface area contributed by atoms with Crippen LogP contribution in [0.3, 0.4) is 0 Å². The maximum absolute atomic E-state index is 12.7. The van der Waals surface area contributed by atoms with E-state index in [1.165, 1.54) is 6.07 Å². The average molecular weight is 308 g/mol. The van der Waals surface area contributed by atoms with Crippen LogP contribution in [0.5, 0.6) is 0 Å². The first-order chi connectivity index (χ1) is 9.25. The number of carbonyl (C=O) groups is 1. The molecule has 0 aromatic heterocycles. The monoisotopic (exact) mass is 307 g/mol. The van der Waals surface area contributed by atoms with Crippen LogP contribution < -0.4 is 0 Å². The van der Waals surface area contributed by atoms with E-state index in [2.05, 4.69) is 0 Å². The molecule has 1 heterocycles. The highest BCUT2D eigenvalue weighted by atomic mass is 35.5. The summed E-state index contributed by atoms with van der Waals surface area (Å²) in [6, 6.07) is 3.42. The summed E-state index contributed by atoms with van der Waals surface area (Å²) in [4.78, 5) is 12.7. The van der Waals surface area contributed by atoms with Crippen molar-refractivity contribution in [1.29, 1.82) is 0 Å². The number of hydrogen-bond donors (Lipinski definition) is 1. The van der Waals surface area contributed by atoms with Crippen LogP contribution in [0.25, 0.3) is 0 Å². The van der Waals surface area contributed by atoms with Crippen molar-refractivity contribution in [3.63, 3.8) is 0 Å². The molecule has 1 aromatic rings. The Bertz CT molecular complexity index is 519. The highest BCUT2D eigenvalue weighted by Crippen LogP contribution is 2.32. The molecule has 2 rings (SSSR count). The molecule has 0 aliphatic carbocycles. The Morgan fingerprint density at radius 1 is 1.40 bits per heavy atom. The fourth-order valence-electron chi connectivity index (χ4n) is 2.34. The predicted octanol–water partition coefficient (Wildman–Crippen LogP) is 3.27. The molecule has 0 amide bonds. The summed E-state index contributed by atoms with van der Waals surface area (Å²) >= 11 is 5.71. The minimum absolute atomic E-state index is 0.0313. The number of hydrogen-bond acceptors (Lipinski definition) is 2. The van der Waals surface area contributed by atoms with Gasteiger partial charge < -0.3 is 5.11 Å². The van der Waals surface area contributed by atoms with Crippen molar-refractivity contribution in [3.8, 4) is 0 Å². The van der Waals surface area contributed by atoms with Gasteiger partial charge in [0, 0.05) is 18.1 Å². The third-order valence-electron chi connectivity index (χ3n) is 3.31. The highest BCUT2D eigenvalue weighted by Gasteiger charge is 2.32. The molecule has 1 aliphatic heterocycles. The zero-order valence-corrected chi connectivity index (χ0v) is 11.2. The third-order valence-corrected chi connectivity index (χ3v) is 3.53. The molecule has 0 bridgehead atoms. The number of rotatable bonds is 3. The molecule has 1 aromatic carbocycles. The molecule has 7 heteroatoms. The smallest absolute Gasteiger partial charge is 0.416 e. The Morgan fingerprint density at radius 3 is 2.65 bits per heavy atom. The molecule has 0 saturated carbocycles. The van der Waals surface area contributed by atoms with E-state index >= 15 is 0 Å². The van der Waals surface area contributed by atoms with Crippen LogP contribution in [0.1, 0.15) is 17.5 Å². The van der Waals surface area contributed by atoms with Gasteiger partial charge >= 0.3 is 12.1 Å². The fraction of sp³-hybridized carbons (Fsp3) is 0.462. The minimum atomic E-state index is -4.44. The number of alkyl halides is 3. The van der Waals surface area contributed by atoms with Crippen LogP contribution in [-0.2, 0) is 17.5 Å². The van der Waals surface area contributed by atoms with E-state index in [0.29, 0.717) is 25.1 Å². The Kier molecular flexibility index (Phi) is 4.25. The maximum atomic E-state index is 12.7. The van der Waals surface area contributed by atoms with Crippen LogP contribution in [-0.4, -0.2) is 29.1 Å². The predicted molar refractivity (Wildman–Crippen MR) is 67.5 cm³/mol. The summed E-state index contributed by atoms with van der Waals surface area (Å²) in [6.07, 6.45) is -3.92. The lowest BCUT2D eigenvalue weighted by Crippen LogP contribution is -2.23. The first-order valence-corrected chi connectivity index (χ1v) is 6.45. The Labute approximate surface area is 118 Å². The van der Waals surface area contributed by atoms with E-state index in [-0.39, 0.29) is 11.6 Å². The second-order valence-corrected chi connectivity index (χ2v) is 5.34. The molecule has 1 saturated heterocycles. The molecular weight excluding hydrogens is 295 g/mol. The minimum Gasteiger partial charge on any atom is -0.481 e.